The van der Waals surface area contributed by atoms with Crippen LogP contribution in [0.2, 0.25) is 5.28 Å². The van der Waals surface area contributed by atoms with Gasteiger partial charge in [-0.1, -0.05) is 0 Å². The summed E-state index contributed by atoms with van der Waals surface area (Å²) in [5, 5.41) is 10.5. The lowest BCUT2D eigenvalue weighted by molar-refractivity contribution is -0.386. The van der Waals surface area contributed by atoms with Crippen LogP contribution in [0.1, 0.15) is 0 Å². The maximum absolute atomic E-state index is 10.6. The number of rotatable bonds is 3. The van der Waals surface area contributed by atoms with Crippen molar-refractivity contribution >= 4 is 17.3 Å². The fraction of sp³-hybridized carbons (Fsp3) is 0.429. The van der Waals surface area contributed by atoms with Gasteiger partial charge in [-0.25, -0.2) is 4.98 Å². The van der Waals surface area contributed by atoms with Crippen molar-refractivity contribution in [3.05, 3.63) is 21.6 Å². The van der Waals surface area contributed by atoms with Crippen molar-refractivity contribution in [1.29, 1.82) is 0 Å². The largest absolute Gasteiger partial charge is 0.464 e. The van der Waals surface area contributed by atoms with E-state index in [2.05, 4.69) is 9.97 Å². The number of aromatic nitrogens is 2. The molecule has 0 N–H and O–H groups in total. The van der Waals surface area contributed by atoms with E-state index in [0.717, 1.165) is 6.20 Å². The molecule has 2 rings (SSSR count). The van der Waals surface area contributed by atoms with Gasteiger partial charge in [0.2, 0.25) is 5.28 Å². The first kappa shape index (κ1) is 10.1. The summed E-state index contributed by atoms with van der Waals surface area (Å²) in [5.74, 6) is -0.117. The molecule has 2 heterocycles. The normalized spacial score (nSPS) is 15.8. The molecule has 0 atom stereocenters. The first-order chi connectivity index (χ1) is 7.16. The van der Waals surface area contributed by atoms with Gasteiger partial charge >= 0.3 is 5.69 Å². The second-order valence-corrected chi connectivity index (χ2v) is 3.20. The summed E-state index contributed by atoms with van der Waals surface area (Å²) in [6, 6.07) is 0. The Hall–Kier alpha value is -1.47. The third-order valence-electron chi connectivity index (χ3n) is 1.79. The van der Waals surface area contributed by atoms with Gasteiger partial charge in [-0.05, 0) is 11.6 Å². The zero-order chi connectivity index (χ0) is 10.8. The van der Waals surface area contributed by atoms with Crippen molar-refractivity contribution in [1.82, 2.24) is 9.97 Å². The smallest absolute Gasteiger partial charge is 0.349 e. The van der Waals surface area contributed by atoms with E-state index in [-0.39, 0.29) is 23.0 Å². The van der Waals surface area contributed by atoms with E-state index in [1.54, 1.807) is 0 Å². The minimum atomic E-state index is -0.620. The van der Waals surface area contributed by atoms with Crippen molar-refractivity contribution in [3.63, 3.8) is 0 Å². The molecule has 1 aliphatic rings. The van der Waals surface area contributed by atoms with Gasteiger partial charge in [0.15, 0.2) is 0 Å². The Morgan fingerprint density at radius 2 is 2.40 bits per heavy atom. The first-order valence-corrected chi connectivity index (χ1v) is 4.46. The Morgan fingerprint density at radius 3 is 2.93 bits per heavy atom. The summed E-state index contributed by atoms with van der Waals surface area (Å²) in [5.41, 5.74) is -0.300. The highest BCUT2D eigenvalue weighted by Gasteiger charge is 2.26. The third-order valence-corrected chi connectivity index (χ3v) is 1.97. The molecule has 0 spiro atoms. The zero-order valence-electron chi connectivity index (χ0n) is 7.42. The third kappa shape index (κ3) is 2.13. The zero-order valence-corrected chi connectivity index (χ0v) is 8.18. The Bertz CT molecular complexity index is 396. The van der Waals surface area contributed by atoms with Crippen molar-refractivity contribution in [2.24, 2.45) is 0 Å². The molecule has 1 fully saturated rings. The number of hydrogen-bond acceptors (Lipinski definition) is 6. The van der Waals surface area contributed by atoms with Crippen LogP contribution in [0.15, 0.2) is 6.20 Å². The van der Waals surface area contributed by atoms with Gasteiger partial charge in [-0.15, -0.1) is 0 Å². The minimum Gasteiger partial charge on any atom is -0.464 e. The fourth-order valence-electron chi connectivity index (χ4n) is 0.992. The Labute approximate surface area is 89.1 Å². The maximum Gasteiger partial charge on any atom is 0.349 e. The van der Waals surface area contributed by atoms with Crippen LogP contribution in [0.5, 0.6) is 5.88 Å². The number of ether oxygens (including phenoxy) is 2. The van der Waals surface area contributed by atoms with Crippen LogP contribution in [0, 0.1) is 10.1 Å². The summed E-state index contributed by atoms with van der Waals surface area (Å²) >= 11 is 5.51. The lowest BCUT2D eigenvalue weighted by Gasteiger charge is -2.25. The van der Waals surface area contributed by atoms with E-state index < -0.39 is 4.92 Å². The van der Waals surface area contributed by atoms with Crippen LogP contribution in [-0.4, -0.2) is 34.2 Å². The predicted molar refractivity (Wildman–Crippen MR) is 48.9 cm³/mol. The molecule has 8 heteroatoms. The van der Waals surface area contributed by atoms with E-state index in [4.69, 9.17) is 21.1 Å². The summed E-state index contributed by atoms with van der Waals surface area (Å²) in [4.78, 5) is 17.1. The van der Waals surface area contributed by atoms with Gasteiger partial charge in [-0.3, -0.25) is 10.1 Å². The molecule has 1 aromatic heterocycles. The molecule has 15 heavy (non-hydrogen) atoms. The molecule has 80 valence electrons. The lowest BCUT2D eigenvalue weighted by atomic mass is 10.3. The van der Waals surface area contributed by atoms with E-state index >= 15 is 0 Å². The number of hydrogen-bond donors (Lipinski definition) is 0. The molecule has 1 aromatic rings. The minimum absolute atomic E-state index is 0.0872. The van der Waals surface area contributed by atoms with Crippen molar-refractivity contribution in [3.8, 4) is 5.88 Å². The Morgan fingerprint density at radius 1 is 1.67 bits per heavy atom. The van der Waals surface area contributed by atoms with Crippen LogP contribution in [0.25, 0.3) is 0 Å². The molecular formula is C7H6ClN3O4. The Balaban J connectivity index is 2.24. The predicted octanol–water partition coefficient (Wildman–Crippen LogP) is 0.816. The number of halogens is 1. The number of nitrogens with zero attached hydrogens (tertiary/aromatic N) is 3. The monoisotopic (exact) mass is 231 g/mol. The first-order valence-electron chi connectivity index (χ1n) is 4.08. The molecule has 7 nitrogen and oxygen atoms in total. The molecule has 0 aromatic carbocycles. The summed E-state index contributed by atoms with van der Waals surface area (Å²) in [6.45, 7) is 0.803. The van der Waals surface area contributed by atoms with Gasteiger partial charge in [0, 0.05) is 0 Å². The Kier molecular flexibility index (Phi) is 2.65. The van der Waals surface area contributed by atoms with Crippen LogP contribution in [-0.2, 0) is 4.74 Å². The van der Waals surface area contributed by atoms with E-state index in [0.29, 0.717) is 13.2 Å². The molecule has 0 aliphatic carbocycles. The fourth-order valence-corrected chi connectivity index (χ4v) is 1.12. The van der Waals surface area contributed by atoms with E-state index in [1.165, 1.54) is 0 Å². The van der Waals surface area contributed by atoms with Gasteiger partial charge in [-0.2, -0.15) is 4.98 Å². The van der Waals surface area contributed by atoms with Crippen LogP contribution >= 0.6 is 11.6 Å². The molecule has 1 saturated heterocycles. The lowest BCUT2D eigenvalue weighted by Crippen LogP contribution is -2.38. The van der Waals surface area contributed by atoms with Gasteiger partial charge < -0.3 is 9.47 Å². The molecule has 0 unspecified atom stereocenters. The maximum atomic E-state index is 10.6. The summed E-state index contributed by atoms with van der Waals surface area (Å²) < 4.78 is 10.1. The molecule has 0 bridgehead atoms. The molecular weight excluding hydrogens is 226 g/mol. The molecule has 0 radical (unpaired) electrons. The van der Waals surface area contributed by atoms with E-state index in [9.17, 15) is 10.1 Å². The van der Waals surface area contributed by atoms with Crippen molar-refractivity contribution in [2.75, 3.05) is 13.2 Å². The number of nitro groups is 1. The average Bonchev–Trinajstić information content (AvgIpc) is 2.11. The highest BCUT2D eigenvalue weighted by atomic mass is 35.5. The highest BCUT2D eigenvalue weighted by Crippen LogP contribution is 2.26. The van der Waals surface area contributed by atoms with E-state index in [1.807, 2.05) is 0 Å². The second-order valence-electron chi connectivity index (χ2n) is 2.86. The van der Waals surface area contributed by atoms with Gasteiger partial charge in [0.05, 0.1) is 18.1 Å². The second kappa shape index (κ2) is 3.95. The van der Waals surface area contributed by atoms with Crippen LogP contribution in [0.3, 0.4) is 0 Å². The van der Waals surface area contributed by atoms with Crippen LogP contribution < -0.4 is 4.74 Å². The van der Waals surface area contributed by atoms with Gasteiger partial charge in [0.25, 0.3) is 5.88 Å². The molecule has 0 saturated carbocycles. The summed E-state index contributed by atoms with van der Waals surface area (Å²) in [6.07, 6.45) is 0.819. The van der Waals surface area contributed by atoms with Crippen LogP contribution in [0.4, 0.5) is 5.69 Å². The quantitative estimate of drug-likeness (QED) is 0.435. The SMILES string of the molecule is O=[N+]([O-])c1cnc(Cl)nc1OC1COC1. The standard InChI is InChI=1S/C7H6ClN3O4/c8-7-9-1-5(11(12)13)6(10-7)15-4-2-14-3-4/h1,4H,2-3H2. The average molecular weight is 232 g/mol. The molecule has 1 aliphatic heterocycles. The highest BCUT2D eigenvalue weighted by molar-refractivity contribution is 6.28. The topological polar surface area (TPSA) is 87.4 Å². The van der Waals surface area contributed by atoms with Gasteiger partial charge in [0.1, 0.15) is 12.3 Å². The molecule has 0 amide bonds. The van der Waals surface area contributed by atoms with Crippen molar-refractivity contribution in [2.45, 2.75) is 6.10 Å². The van der Waals surface area contributed by atoms with Crippen molar-refractivity contribution < 1.29 is 14.4 Å². The summed E-state index contributed by atoms with van der Waals surface area (Å²) in [7, 11) is 0.